The third kappa shape index (κ3) is 8.67. The Labute approximate surface area is 203 Å². The highest BCUT2D eigenvalue weighted by Gasteiger charge is 2.31. The van der Waals surface area contributed by atoms with Crippen LogP contribution in [0.5, 0.6) is 0 Å². The maximum atomic E-state index is 13.1. The fourth-order valence-corrected chi connectivity index (χ4v) is 3.77. The first-order valence-corrected chi connectivity index (χ1v) is 11.6. The van der Waals surface area contributed by atoms with Crippen molar-refractivity contribution in [3.8, 4) is 0 Å². The molecule has 1 saturated heterocycles. The quantitative estimate of drug-likeness (QED) is 0.167. The number of hydrogen-bond acceptors (Lipinski definition) is 7. The zero-order valence-corrected chi connectivity index (χ0v) is 19.6. The van der Waals surface area contributed by atoms with Gasteiger partial charge in [0.1, 0.15) is 18.1 Å². The first-order chi connectivity index (χ1) is 16.2. The topological polar surface area (TPSA) is 180 Å². The summed E-state index contributed by atoms with van der Waals surface area (Å²) < 4.78 is 0. The summed E-state index contributed by atoms with van der Waals surface area (Å²) in [5.74, 6) is -3.81. The van der Waals surface area contributed by atoms with E-state index in [1.807, 2.05) is 0 Å². The van der Waals surface area contributed by atoms with Crippen LogP contribution in [0.1, 0.15) is 31.2 Å². The molecule has 1 fully saturated rings. The molecular weight excluding hydrogens is 462 g/mol. The van der Waals surface area contributed by atoms with Crippen LogP contribution in [-0.2, 0) is 30.4 Å². The molecule has 1 aliphatic heterocycles. The second-order valence-corrected chi connectivity index (χ2v) is 8.41. The van der Waals surface area contributed by atoms with E-state index in [1.54, 1.807) is 30.3 Å². The summed E-state index contributed by atoms with van der Waals surface area (Å²) in [5, 5.41) is 19.9. The number of carboxylic acids is 1. The number of primary amides is 1. The maximum Gasteiger partial charge on any atom is 0.327 e. The molecule has 1 heterocycles. The number of hydrogen-bond donors (Lipinski definition) is 7. The molecule has 7 N–H and O–H groups in total. The molecule has 0 aliphatic carbocycles. The number of carbonyl (C=O) groups is 5. The van der Waals surface area contributed by atoms with Crippen molar-refractivity contribution in [3.63, 3.8) is 0 Å². The van der Waals surface area contributed by atoms with Gasteiger partial charge in [0.25, 0.3) is 0 Å². The van der Waals surface area contributed by atoms with E-state index in [1.165, 1.54) is 0 Å². The van der Waals surface area contributed by atoms with Gasteiger partial charge in [0.2, 0.25) is 23.6 Å². The van der Waals surface area contributed by atoms with Gasteiger partial charge in [-0.15, -0.1) is 0 Å². The number of carbonyl (C=O) groups excluding carboxylic acids is 4. The van der Waals surface area contributed by atoms with Crippen LogP contribution >= 0.6 is 12.6 Å². The van der Waals surface area contributed by atoms with E-state index in [0.29, 0.717) is 13.0 Å². The third-order valence-electron chi connectivity index (χ3n) is 5.40. The van der Waals surface area contributed by atoms with Gasteiger partial charge in [-0.25, -0.2) is 4.79 Å². The SMILES string of the molecule is NC(=O)CCC(NC(=O)C1CCCN1)C(=O)NC(Cc1ccccc1)C(=O)NC(CS)C(=O)O. The molecule has 0 spiro atoms. The van der Waals surface area contributed by atoms with Gasteiger partial charge in [0.15, 0.2) is 0 Å². The van der Waals surface area contributed by atoms with E-state index < -0.39 is 47.9 Å². The van der Waals surface area contributed by atoms with Crippen LogP contribution in [0, 0.1) is 0 Å². The molecule has 11 nitrogen and oxygen atoms in total. The lowest BCUT2D eigenvalue weighted by molar-refractivity contribution is -0.141. The average molecular weight is 494 g/mol. The highest BCUT2D eigenvalue weighted by atomic mass is 32.1. The Morgan fingerprint density at radius 2 is 1.68 bits per heavy atom. The van der Waals surface area contributed by atoms with Gasteiger partial charge in [-0.05, 0) is 31.4 Å². The van der Waals surface area contributed by atoms with Crippen molar-refractivity contribution in [2.24, 2.45) is 5.73 Å². The van der Waals surface area contributed by atoms with Crippen LogP contribution in [-0.4, -0.2) is 71.2 Å². The third-order valence-corrected chi connectivity index (χ3v) is 5.77. The molecule has 4 unspecified atom stereocenters. The molecule has 0 radical (unpaired) electrons. The zero-order chi connectivity index (χ0) is 25.1. The number of nitrogens with one attached hydrogen (secondary N) is 4. The van der Waals surface area contributed by atoms with Crippen molar-refractivity contribution in [1.82, 2.24) is 21.3 Å². The van der Waals surface area contributed by atoms with Crippen molar-refractivity contribution in [1.29, 1.82) is 0 Å². The molecule has 186 valence electrons. The van der Waals surface area contributed by atoms with Crippen LogP contribution in [0.3, 0.4) is 0 Å². The Bertz CT molecular complexity index is 878. The summed E-state index contributed by atoms with van der Waals surface area (Å²) in [6.07, 6.45) is 1.33. The number of nitrogens with two attached hydrogens (primary N) is 1. The maximum absolute atomic E-state index is 13.1. The van der Waals surface area contributed by atoms with Crippen molar-refractivity contribution in [3.05, 3.63) is 35.9 Å². The minimum Gasteiger partial charge on any atom is -0.480 e. The molecule has 4 amide bonds. The predicted octanol–water partition coefficient (Wildman–Crippen LogP) is -1.28. The lowest BCUT2D eigenvalue weighted by atomic mass is 10.0. The molecule has 12 heteroatoms. The van der Waals surface area contributed by atoms with Crippen LogP contribution in [0.15, 0.2) is 30.3 Å². The van der Waals surface area contributed by atoms with Crippen molar-refractivity contribution < 1.29 is 29.1 Å². The molecule has 4 atom stereocenters. The van der Waals surface area contributed by atoms with Crippen LogP contribution < -0.4 is 27.0 Å². The van der Waals surface area contributed by atoms with E-state index >= 15 is 0 Å². The Kier molecular flexibility index (Phi) is 10.8. The molecule has 1 aliphatic rings. The van der Waals surface area contributed by atoms with Crippen LogP contribution in [0.2, 0.25) is 0 Å². The second kappa shape index (κ2) is 13.6. The monoisotopic (exact) mass is 493 g/mol. The fourth-order valence-electron chi connectivity index (χ4n) is 3.53. The van der Waals surface area contributed by atoms with Crippen molar-refractivity contribution >= 4 is 42.2 Å². The van der Waals surface area contributed by atoms with Gasteiger partial charge < -0.3 is 32.1 Å². The molecule has 2 rings (SSSR count). The first kappa shape index (κ1) is 27.1. The first-order valence-electron chi connectivity index (χ1n) is 11.0. The fraction of sp³-hybridized carbons (Fsp3) is 0.500. The number of thiol groups is 1. The Morgan fingerprint density at radius 1 is 1.03 bits per heavy atom. The smallest absolute Gasteiger partial charge is 0.327 e. The number of amides is 4. The van der Waals surface area contributed by atoms with Gasteiger partial charge in [-0.1, -0.05) is 30.3 Å². The summed E-state index contributed by atoms with van der Waals surface area (Å²) in [7, 11) is 0. The van der Waals surface area contributed by atoms with E-state index in [-0.39, 0.29) is 30.9 Å². The number of aliphatic carboxylic acids is 1. The normalized spacial score (nSPS) is 17.7. The Morgan fingerprint density at radius 3 is 2.24 bits per heavy atom. The number of rotatable bonds is 13. The van der Waals surface area contributed by atoms with Gasteiger partial charge in [0, 0.05) is 18.6 Å². The summed E-state index contributed by atoms with van der Waals surface area (Å²) in [4.78, 5) is 61.1. The van der Waals surface area contributed by atoms with E-state index in [0.717, 1.165) is 12.0 Å². The van der Waals surface area contributed by atoms with Gasteiger partial charge >= 0.3 is 5.97 Å². The molecule has 1 aromatic rings. The van der Waals surface area contributed by atoms with Crippen LogP contribution in [0.25, 0.3) is 0 Å². The van der Waals surface area contributed by atoms with E-state index in [4.69, 9.17) is 5.73 Å². The zero-order valence-electron chi connectivity index (χ0n) is 18.7. The molecular formula is C22H31N5O6S. The minimum atomic E-state index is -1.26. The summed E-state index contributed by atoms with van der Waals surface area (Å²) in [5.41, 5.74) is 5.95. The predicted molar refractivity (Wildman–Crippen MR) is 127 cm³/mol. The molecule has 0 aromatic heterocycles. The van der Waals surface area contributed by atoms with E-state index in [9.17, 15) is 29.1 Å². The molecule has 34 heavy (non-hydrogen) atoms. The number of benzene rings is 1. The lowest BCUT2D eigenvalue weighted by Crippen LogP contribution is -2.57. The summed E-state index contributed by atoms with van der Waals surface area (Å²) in [6, 6.07) is 4.93. The Hall–Kier alpha value is -3.12. The van der Waals surface area contributed by atoms with Crippen molar-refractivity contribution in [2.75, 3.05) is 12.3 Å². The molecule has 1 aromatic carbocycles. The summed E-state index contributed by atoms with van der Waals surface area (Å²) in [6.45, 7) is 0.686. The Balaban J connectivity index is 2.18. The number of carboxylic acid groups (broad SMARTS) is 1. The highest BCUT2D eigenvalue weighted by Crippen LogP contribution is 2.09. The van der Waals surface area contributed by atoms with Gasteiger partial charge in [-0.2, -0.15) is 12.6 Å². The standard InChI is InChI=1S/C22H31N5O6S/c23-18(28)9-8-15(25-19(29)14-7-4-10-24-14)20(30)26-16(11-13-5-2-1-3-6-13)21(31)27-17(12-34)22(32)33/h1-3,5-6,14-17,24,34H,4,7-12H2,(H2,23,28)(H,25,29)(H,26,30)(H,27,31)(H,32,33). The van der Waals surface area contributed by atoms with Crippen LogP contribution in [0.4, 0.5) is 0 Å². The van der Waals surface area contributed by atoms with Crippen molar-refractivity contribution in [2.45, 2.75) is 56.3 Å². The van der Waals surface area contributed by atoms with E-state index in [2.05, 4.69) is 33.9 Å². The van der Waals surface area contributed by atoms with Gasteiger partial charge in [0.05, 0.1) is 6.04 Å². The highest BCUT2D eigenvalue weighted by molar-refractivity contribution is 7.80. The minimum absolute atomic E-state index is 0.0479. The molecule has 0 saturated carbocycles. The lowest BCUT2D eigenvalue weighted by Gasteiger charge is -2.25. The van der Waals surface area contributed by atoms with Gasteiger partial charge in [-0.3, -0.25) is 19.2 Å². The largest absolute Gasteiger partial charge is 0.480 e. The average Bonchev–Trinajstić information content (AvgIpc) is 3.35. The second-order valence-electron chi connectivity index (χ2n) is 8.05. The summed E-state index contributed by atoms with van der Waals surface area (Å²) >= 11 is 3.95. The molecule has 0 bridgehead atoms.